The van der Waals surface area contributed by atoms with Gasteiger partial charge in [-0.3, -0.25) is 4.79 Å². The molecule has 0 aliphatic carbocycles. The summed E-state index contributed by atoms with van der Waals surface area (Å²) < 4.78 is 8.28. The van der Waals surface area contributed by atoms with Crippen LogP contribution in [0.3, 0.4) is 0 Å². The summed E-state index contributed by atoms with van der Waals surface area (Å²) in [7, 11) is 0. The van der Waals surface area contributed by atoms with Gasteiger partial charge in [-0.15, -0.1) is 6.58 Å². The van der Waals surface area contributed by atoms with Gasteiger partial charge in [-0.2, -0.15) is 0 Å². The summed E-state index contributed by atoms with van der Waals surface area (Å²) in [6, 6.07) is 23.6. The molecule has 0 spiro atoms. The number of nitrogens with zero attached hydrogens (tertiary/aromatic N) is 2. The predicted octanol–water partition coefficient (Wildman–Crippen LogP) is 6.42. The molecule has 3 aromatic carbocycles. The first-order valence-electron chi connectivity index (χ1n) is 12.2. The average molecular weight is 468 g/mol. The van der Waals surface area contributed by atoms with Crippen LogP contribution in [-0.2, 0) is 13.0 Å². The maximum absolute atomic E-state index is 12.8. The highest BCUT2D eigenvalue weighted by Gasteiger charge is 2.19. The first-order chi connectivity index (χ1) is 17.1. The van der Waals surface area contributed by atoms with Gasteiger partial charge in [0.15, 0.2) is 0 Å². The molecule has 0 aliphatic rings. The Labute approximate surface area is 207 Å². The van der Waals surface area contributed by atoms with Crippen LogP contribution in [0.5, 0.6) is 5.75 Å². The Hall–Kier alpha value is -3.86. The van der Waals surface area contributed by atoms with Crippen LogP contribution in [0.25, 0.3) is 11.0 Å². The Kier molecular flexibility index (Phi) is 7.99. The van der Waals surface area contributed by atoms with Crippen LogP contribution in [0.2, 0.25) is 0 Å². The monoisotopic (exact) mass is 467 g/mol. The standard InChI is InChI=1S/C30H33N3O2/c1-4-12-24-14-5-8-18-28(24)35-20-10-9-19-33-27-17-7-6-16-26(27)32-29(33)23(3)31-30(34)25-15-11-13-22(2)21-25/h4-8,11,13-18,21,23H,1,9-10,12,19-20H2,2-3H3,(H,31,34). The van der Waals surface area contributed by atoms with Crippen molar-refractivity contribution < 1.29 is 9.53 Å². The van der Waals surface area contributed by atoms with Crippen molar-refractivity contribution in [2.24, 2.45) is 0 Å². The van der Waals surface area contributed by atoms with Gasteiger partial charge in [0, 0.05) is 12.1 Å². The van der Waals surface area contributed by atoms with Crippen LogP contribution in [0.4, 0.5) is 0 Å². The fourth-order valence-corrected chi connectivity index (χ4v) is 4.31. The molecule has 0 fully saturated rings. The van der Waals surface area contributed by atoms with E-state index in [1.54, 1.807) is 0 Å². The molecule has 0 aliphatic heterocycles. The van der Waals surface area contributed by atoms with E-state index in [4.69, 9.17) is 9.72 Å². The Morgan fingerprint density at radius 2 is 1.89 bits per heavy atom. The number of hydrogen-bond donors (Lipinski definition) is 1. The van der Waals surface area contributed by atoms with Crippen LogP contribution in [-0.4, -0.2) is 22.1 Å². The number of carbonyl (C=O) groups is 1. The third-order valence-electron chi connectivity index (χ3n) is 6.07. The lowest BCUT2D eigenvalue weighted by Crippen LogP contribution is -2.28. The zero-order chi connectivity index (χ0) is 24.6. The van der Waals surface area contributed by atoms with E-state index in [2.05, 4.69) is 28.6 Å². The molecule has 4 rings (SSSR count). The molecule has 1 atom stereocenters. The molecule has 1 amide bonds. The first kappa shape index (κ1) is 24.3. The van der Waals surface area contributed by atoms with E-state index in [0.29, 0.717) is 12.2 Å². The summed E-state index contributed by atoms with van der Waals surface area (Å²) in [6.45, 7) is 9.26. The van der Waals surface area contributed by atoms with Gasteiger partial charge in [-0.25, -0.2) is 4.98 Å². The van der Waals surface area contributed by atoms with E-state index in [9.17, 15) is 4.79 Å². The molecule has 0 radical (unpaired) electrons. The minimum atomic E-state index is -0.225. The third-order valence-corrected chi connectivity index (χ3v) is 6.07. The zero-order valence-corrected chi connectivity index (χ0v) is 20.5. The molecule has 1 unspecified atom stereocenters. The highest BCUT2D eigenvalue weighted by molar-refractivity contribution is 5.94. The fourth-order valence-electron chi connectivity index (χ4n) is 4.31. The SMILES string of the molecule is C=CCc1ccccc1OCCCCn1c(C(C)NC(=O)c2cccc(C)c2)nc2ccccc21. The Balaban J connectivity index is 1.42. The van der Waals surface area contributed by atoms with Gasteiger partial charge < -0.3 is 14.6 Å². The number of allylic oxidation sites excluding steroid dienone is 1. The lowest BCUT2D eigenvalue weighted by molar-refractivity contribution is 0.0937. The first-order valence-corrected chi connectivity index (χ1v) is 12.2. The number of amides is 1. The van der Waals surface area contributed by atoms with E-state index < -0.39 is 0 Å². The molecular formula is C30H33N3O2. The maximum atomic E-state index is 12.8. The number of aryl methyl sites for hydroxylation is 2. The van der Waals surface area contributed by atoms with Crippen LogP contribution in [0.15, 0.2) is 85.5 Å². The van der Waals surface area contributed by atoms with Crippen molar-refractivity contribution in [3.8, 4) is 5.75 Å². The normalized spacial score (nSPS) is 11.8. The van der Waals surface area contributed by atoms with Gasteiger partial charge in [-0.05, 0) is 69.0 Å². The molecule has 5 heteroatoms. The molecule has 1 heterocycles. The van der Waals surface area contributed by atoms with Gasteiger partial charge in [-0.1, -0.05) is 54.1 Å². The molecule has 0 bridgehead atoms. The lowest BCUT2D eigenvalue weighted by Gasteiger charge is -2.17. The highest BCUT2D eigenvalue weighted by atomic mass is 16.5. The number of para-hydroxylation sites is 3. The van der Waals surface area contributed by atoms with Crippen molar-refractivity contribution in [2.45, 2.75) is 45.7 Å². The number of unbranched alkanes of at least 4 members (excludes halogenated alkanes) is 1. The van der Waals surface area contributed by atoms with Gasteiger partial charge in [0.05, 0.1) is 23.7 Å². The molecule has 1 aromatic heterocycles. The number of hydrogen-bond acceptors (Lipinski definition) is 3. The third kappa shape index (κ3) is 5.99. The van der Waals surface area contributed by atoms with Crippen molar-refractivity contribution in [2.75, 3.05) is 6.61 Å². The van der Waals surface area contributed by atoms with E-state index in [0.717, 1.165) is 59.5 Å². The second kappa shape index (κ2) is 11.5. The number of ether oxygens (including phenoxy) is 1. The number of rotatable bonds is 11. The quantitative estimate of drug-likeness (QED) is 0.204. The van der Waals surface area contributed by atoms with Crippen LogP contribution in [0.1, 0.15) is 53.1 Å². The Morgan fingerprint density at radius 1 is 1.09 bits per heavy atom. The van der Waals surface area contributed by atoms with Crippen molar-refractivity contribution >= 4 is 16.9 Å². The number of imidazole rings is 1. The molecule has 0 saturated heterocycles. The Bertz CT molecular complexity index is 1310. The van der Waals surface area contributed by atoms with E-state index in [1.807, 2.05) is 80.6 Å². The number of aromatic nitrogens is 2. The fraction of sp³-hybridized carbons (Fsp3) is 0.267. The zero-order valence-electron chi connectivity index (χ0n) is 20.5. The molecule has 35 heavy (non-hydrogen) atoms. The van der Waals surface area contributed by atoms with Crippen LogP contribution >= 0.6 is 0 Å². The van der Waals surface area contributed by atoms with Gasteiger partial charge in [0.1, 0.15) is 11.6 Å². The number of fused-ring (bicyclic) bond motifs is 1. The van der Waals surface area contributed by atoms with E-state index >= 15 is 0 Å². The summed E-state index contributed by atoms with van der Waals surface area (Å²) in [5.74, 6) is 1.70. The van der Waals surface area contributed by atoms with E-state index in [1.165, 1.54) is 0 Å². The van der Waals surface area contributed by atoms with Gasteiger partial charge in [0.25, 0.3) is 5.91 Å². The van der Waals surface area contributed by atoms with E-state index in [-0.39, 0.29) is 11.9 Å². The minimum absolute atomic E-state index is 0.0913. The van der Waals surface area contributed by atoms with Crippen molar-refractivity contribution in [1.29, 1.82) is 0 Å². The second-order valence-corrected chi connectivity index (χ2v) is 8.83. The summed E-state index contributed by atoms with van der Waals surface area (Å²) in [5, 5.41) is 3.13. The summed E-state index contributed by atoms with van der Waals surface area (Å²) in [6.07, 6.45) is 4.55. The molecule has 4 aromatic rings. The Morgan fingerprint density at radius 3 is 2.71 bits per heavy atom. The average Bonchev–Trinajstić information content (AvgIpc) is 3.24. The van der Waals surface area contributed by atoms with Crippen molar-refractivity contribution in [3.05, 3.63) is 108 Å². The van der Waals surface area contributed by atoms with Crippen LogP contribution in [0, 0.1) is 6.92 Å². The molecule has 180 valence electrons. The number of nitrogens with one attached hydrogen (secondary N) is 1. The summed E-state index contributed by atoms with van der Waals surface area (Å²) in [4.78, 5) is 17.7. The summed E-state index contributed by atoms with van der Waals surface area (Å²) in [5.41, 5.74) is 4.90. The van der Waals surface area contributed by atoms with Gasteiger partial charge in [0.2, 0.25) is 0 Å². The number of carbonyl (C=O) groups excluding carboxylic acids is 1. The topological polar surface area (TPSA) is 56.1 Å². The smallest absolute Gasteiger partial charge is 0.251 e. The lowest BCUT2D eigenvalue weighted by atomic mass is 10.1. The molecule has 5 nitrogen and oxygen atoms in total. The highest BCUT2D eigenvalue weighted by Crippen LogP contribution is 2.23. The second-order valence-electron chi connectivity index (χ2n) is 8.83. The predicted molar refractivity (Wildman–Crippen MR) is 142 cm³/mol. The van der Waals surface area contributed by atoms with Crippen molar-refractivity contribution in [1.82, 2.24) is 14.9 Å². The summed E-state index contributed by atoms with van der Waals surface area (Å²) >= 11 is 0. The molecule has 1 N–H and O–H groups in total. The molecule has 0 saturated carbocycles. The van der Waals surface area contributed by atoms with Crippen molar-refractivity contribution in [3.63, 3.8) is 0 Å². The van der Waals surface area contributed by atoms with Crippen LogP contribution < -0.4 is 10.1 Å². The number of benzene rings is 3. The minimum Gasteiger partial charge on any atom is -0.493 e. The van der Waals surface area contributed by atoms with Gasteiger partial charge >= 0.3 is 0 Å². The maximum Gasteiger partial charge on any atom is 0.251 e. The molecular weight excluding hydrogens is 434 g/mol. The largest absolute Gasteiger partial charge is 0.493 e.